The highest BCUT2D eigenvalue weighted by Crippen LogP contribution is 1.87. The number of hydrogen-bond acceptors (Lipinski definition) is 2. The number of aryl methyl sites for hydroxylation is 1. The van der Waals surface area contributed by atoms with Gasteiger partial charge in [0.25, 0.3) is 0 Å². The Bertz CT molecular complexity index is 297. The van der Waals surface area contributed by atoms with Crippen LogP contribution in [0.2, 0.25) is 0 Å². The Morgan fingerprint density at radius 1 is 1.50 bits per heavy atom. The van der Waals surface area contributed by atoms with Gasteiger partial charge in [-0.2, -0.15) is 0 Å². The lowest BCUT2D eigenvalue weighted by molar-refractivity contribution is 0.558. The third kappa shape index (κ3) is 1.76. The van der Waals surface area contributed by atoms with Crippen molar-refractivity contribution in [1.29, 1.82) is 0 Å². The Morgan fingerprint density at radius 3 is 2.50 bits per heavy atom. The zero-order valence-corrected chi connectivity index (χ0v) is 7.53. The monoisotopic (exact) mass is 169 g/mol. The molecule has 1 aromatic rings. The lowest BCUT2D eigenvalue weighted by atomic mass is 10.4. The largest absolute Gasteiger partial charge is 0.328 e. The maximum atomic E-state index is 11.4. The molecule has 0 fully saturated rings. The Kier molecular flexibility index (Phi) is 2.70. The average Bonchev–Trinajstić information content (AvgIpc) is 2.32. The molecule has 1 heterocycles. The first-order valence-corrected chi connectivity index (χ1v) is 4.16. The topological polar surface area (TPSA) is 52.9 Å². The predicted octanol–water partition coefficient (Wildman–Crippen LogP) is 0.0169. The normalized spacial score (nSPS) is 13.2. The minimum Gasteiger partial charge on any atom is -0.326 e. The fourth-order valence-corrected chi connectivity index (χ4v) is 1.14. The number of hydrogen-bond donors (Lipinski definition) is 1. The van der Waals surface area contributed by atoms with Gasteiger partial charge in [0.15, 0.2) is 0 Å². The molecule has 2 N–H and O–H groups in total. The first-order valence-electron chi connectivity index (χ1n) is 4.16. The van der Waals surface area contributed by atoms with Gasteiger partial charge in [-0.1, -0.05) is 0 Å². The summed E-state index contributed by atoms with van der Waals surface area (Å²) in [7, 11) is 0. The number of nitrogens with zero attached hydrogens (tertiary/aromatic N) is 2. The summed E-state index contributed by atoms with van der Waals surface area (Å²) in [5.41, 5.74) is 5.60. The number of rotatable bonds is 3. The minimum atomic E-state index is 0.0230. The van der Waals surface area contributed by atoms with Crippen molar-refractivity contribution in [1.82, 2.24) is 9.13 Å². The average molecular weight is 169 g/mol. The molecule has 0 aliphatic carbocycles. The van der Waals surface area contributed by atoms with Crippen molar-refractivity contribution in [2.45, 2.75) is 33.0 Å². The van der Waals surface area contributed by atoms with Crippen molar-refractivity contribution in [3.8, 4) is 0 Å². The van der Waals surface area contributed by atoms with Crippen LogP contribution in [-0.2, 0) is 13.1 Å². The summed E-state index contributed by atoms with van der Waals surface area (Å²) < 4.78 is 3.29. The number of aromatic nitrogens is 2. The Balaban J connectivity index is 2.88. The van der Waals surface area contributed by atoms with Crippen LogP contribution in [0.4, 0.5) is 0 Å². The summed E-state index contributed by atoms with van der Waals surface area (Å²) in [6.07, 6.45) is 3.56. The molecule has 0 aromatic carbocycles. The highest BCUT2D eigenvalue weighted by atomic mass is 16.1. The quantitative estimate of drug-likeness (QED) is 0.693. The highest BCUT2D eigenvalue weighted by molar-refractivity contribution is 4.81. The van der Waals surface area contributed by atoms with Gasteiger partial charge in [0.05, 0.1) is 0 Å². The number of imidazole rings is 1. The van der Waals surface area contributed by atoms with Gasteiger partial charge >= 0.3 is 5.69 Å². The Morgan fingerprint density at radius 2 is 2.08 bits per heavy atom. The van der Waals surface area contributed by atoms with Crippen LogP contribution in [0.1, 0.15) is 13.8 Å². The van der Waals surface area contributed by atoms with E-state index in [1.807, 2.05) is 13.8 Å². The van der Waals surface area contributed by atoms with E-state index in [2.05, 4.69) is 0 Å². The molecule has 0 spiro atoms. The van der Waals surface area contributed by atoms with Crippen LogP contribution in [0.5, 0.6) is 0 Å². The first-order chi connectivity index (χ1) is 5.65. The molecule has 1 aromatic heterocycles. The molecule has 12 heavy (non-hydrogen) atoms. The van der Waals surface area contributed by atoms with Crippen molar-refractivity contribution in [2.24, 2.45) is 5.73 Å². The van der Waals surface area contributed by atoms with Crippen molar-refractivity contribution in [3.05, 3.63) is 22.9 Å². The van der Waals surface area contributed by atoms with Crippen LogP contribution < -0.4 is 11.4 Å². The van der Waals surface area contributed by atoms with E-state index in [9.17, 15) is 4.79 Å². The maximum absolute atomic E-state index is 11.4. The van der Waals surface area contributed by atoms with Crippen molar-refractivity contribution >= 4 is 0 Å². The Labute approximate surface area is 71.6 Å². The summed E-state index contributed by atoms with van der Waals surface area (Å²) in [5, 5.41) is 0. The molecule has 0 aliphatic rings. The second-order valence-electron chi connectivity index (χ2n) is 3.00. The smallest absolute Gasteiger partial charge is 0.326 e. The van der Waals surface area contributed by atoms with E-state index in [4.69, 9.17) is 5.73 Å². The fourth-order valence-electron chi connectivity index (χ4n) is 1.14. The SMILES string of the molecule is CCn1ccn(C[C@@H](C)N)c1=O. The van der Waals surface area contributed by atoms with Gasteiger partial charge in [0.1, 0.15) is 0 Å². The van der Waals surface area contributed by atoms with Crippen LogP contribution in [-0.4, -0.2) is 15.2 Å². The van der Waals surface area contributed by atoms with E-state index < -0.39 is 0 Å². The van der Waals surface area contributed by atoms with E-state index in [1.165, 1.54) is 0 Å². The van der Waals surface area contributed by atoms with E-state index in [0.29, 0.717) is 13.1 Å². The molecule has 0 bridgehead atoms. The fraction of sp³-hybridized carbons (Fsp3) is 0.625. The third-order valence-electron chi connectivity index (χ3n) is 1.74. The van der Waals surface area contributed by atoms with Gasteiger partial charge in [-0.3, -0.25) is 9.13 Å². The standard InChI is InChI=1S/C8H15N3O/c1-3-10-4-5-11(8(10)12)6-7(2)9/h4-5,7H,3,6,9H2,1-2H3/t7-/m1/s1. The van der Waals surface area contributed by atoms with Gasteiger partial charge in [-0.25, -0.2) is 4.79 Å². The number of nitrogens with two attached hydrogens (primary N) is 1. The molecular formula is C8H15N3O. The zero-order chi connectivity index (χ0) is 9.14. The second kappa shape index (κ2) is 3.58. The molecule has 0 saturated carbocycles. The van der Waals surface area contributed by atoms with Gasteiger partial charge < -0.3 is 5.73 Å². The second-order valence-corrected chi connectivity index (χ2v) is 3.00. The van der Waals surface area contributed by atoms with Gasteiger partial charge in [-0.15, -0.1) is 0 Å². The molecule has 0 unspecified atom stereocenters. The summed E-state index contributed by atoms with van der Waals surface area (Å²) in [5.74, 6) is 0. The van der Waals surface area contributed by atoms with Crippen LogP contribution in [0.15, 0.2) is 17.2 Å². The van der Waals surface area contributed by atoms with Gasteiger partial charge in [0.2, 0.25) is 0 Å². The lowest BCUT2D eigenvalue weighted by Crippen LogP contribution is -2.30. The highest BCUT2D eigenvalue weighted by Gasteiger charge is 2.02. The summed E-state index contributed by atoms with van der Waals surface area (Å²) >= 11 is 0. The molecule has 0 saturated heterocycles. The van der Waals surface area contributed by atoms with E-state index in [-0.39, 0.29) is 11.7 Å². The third-order valence-corrected chi connectivity index (χ3v) is 1.74. The molecule has 4 nitrogen and oxygen atoms in total. The lowest BCUT2D eigenvalue weighted by Gasteiger charge is -2.03. The van der Waals surface area contributed by atoms with E-state index >= 15 is 0 Å². The van der Waals surface area contributed by atoms with Crippen LogP contribution in [0, 0.1) is 0 Å². The maximum Gasteiger partial charge on any atom is 0.328 e. The molecule has 0 amide bonds. The van der Waals surface area contributed by atoms with Crippen molar-refractivity contribution in [3.63, 3.8) is 0 Å². The van der Waals surface area contributed by atoms with Gasteiger partial charge in [-0.05, 0) is 13.8 Å². The summed E-state index contributed by atoms with van der Waals surface area (Å²) in [6, 6.07) is 0.0235. The van der Waals surface area contributed by atoms with E-state index in [1.54, 1.807) is 21.5 Å². The van der Waals surface area contributed by atoms with Crippen LogP contribution in [0.3, 0.4) is 0 Å². The first kappa shape index (κ1) is 9.06. The Hall–Kier alpha value is -1.03. The molecule has 1 atom stereocenters. The molecule has 0 aliphatic heterocycles. The predicted molar refractivity (Wildman–Crippen MR) is 48.0 cm³/mol. The zero-order valence-electron chi connectivity index (χ0n) is 7.53. The summed E-state index contributed by atoms with van der Waals surface area (Å²) in [6.45, 7) is 5.13. The molecule has 1 rings (SSSR count). The molecular weight excluding hydrogens is 154 g/mol. The van der Waals surface area contributed by atoms with Gasteiger partial charge in [0, 0.05) is 31.5 Å². The van der Waals surface area contributed by atoms with Crippen molar-refractivity contribution < 1.29 is 0 Å². The van der Waals surface area contributed by atoms with E-state index in [0.717, 1.165) is 0 Å². The van der Waals surface area contributed by atoms with Crippen molar-refractivity contribution in [2.75, 3.05) is 0 Å². The van der Waals surface area contributed by atoms with Crippen LogP contribution >= 0.6 is 0 Å². The minimum absolute atomic E-state index is 0.0230. The van der Waals surface area contributed by atoms with Crippen LogP contribution in [0.25, 0.3) is 0 Å². The summed E-state index contributed by atoms with van der Waals surface area (Å²) in [4.78, 5) is 11.4. The molecule has 4 heteroatoms. The molecule has 0 radical (unpaired) electrons. The molecule has 68 valence electrons.